The third-order valence-corrected chi connectivity index (χ3v) is 22.9. The van der Waals surface area contributed by atoms with Crippen molar-refractivity contribution in [2.75, 3.05) is 39.6 Å². The largest absolute Gasteiger partial charge is 0.394 e. The maximum absolute atomic E-state index is 13.6. The molecule has 6 heterocycles. The van der Waals surface area contributed by atoms with E-state index in [4.69, 9.17) is 56.8 Å². The van der Waals surface area contributed by atoms with Gasteiger partial charge in [-0.05, 0) is 51.9 Å². The maximum atomic E-state index is 13.6. The molecule has 6 rings (SSSR count). The number of nitrogens with one attached hydrogen (secondary N) is 2. The van der Waals surface area contributed by atoms with Crippen molar-refractivity contribution in [3.05, 3.63) is 24.3 Å². The number of aliphatic hydroxyl groups excluding tert-OH is 18. The fourth-order valence-electron chi connectivity index (χ4n) is 15.7. The number of unbranched alkanes of at least 4 members (excludes halogenated alkanes) is 30. The zero-order valence-electron chi connectivity index (χ0n) is 68.8. The number of aliphatic hydroxyl groups is 18. The normalized spacial score (nSPS) is 36.5. The van der Waals surface area contributed by atoms with Crippen LogP contribution in [0.1, 0.15) is 246 Å². The fraction of sp³-hybridized carbons (Fsp3) is 0.927. The molecule has 0 aromatic carbocycles. The maximum Gasteiger partial charge on any atom is 0.220 e. The fourth-order valence-corrected chi connectivity index (χ4v) is 15.7. The Bertz CT molecular complexity index is 2640. The molecule has 678 valence electrons. The van der Waals surface area contributed by atoms with Gasteiger partial charge >= 0.3 is 0 Å². The molecule has 34 heteroatoms. The molecule has 6 aliphatic heterocycles. The van der Waals surface area contributed by atoms with Crippen LogP contribution in [0.15, 0.2) is 24.3 Å². The van der Waals surface area contributed by atoms with Gasteiger partial charge in [0.1, 0.15) is 140 Å². The zero-order valence-corrected chi connectivity index (χ0v) is 68.8. The first kappa shape index (κ1) is 102. The number of carbonyl (C=O) groups excluding carboxylic acids is 2. The van der Waals surface area contributed by atoms with E-state index in [-0.39, 0.29) is 12.3 Å². The van der Waals surface area contributed by atoms with Gasteiger partial charge in [0.15, 0.2) is 37.7 Å². The Morgan fingerprint density at radius 3 is 1.17 bits per heavy atom. The monoisotopic (exact) mass is 1670 g/mol. The summed E-state index contributed by atoms with van der Waals surface area (Å²) in [6.07, 6.45) is -10.3. The zero-order chi connectivity index (χ0) is 84.6. The molecule has 32 atom stereocenters. The van der Waals surface area contributed by atoms with Gasteiger partial charge in [0.05, 0.1) is 57.9 Å². The molecule has 0 spiro atoms. The van der Waals surface area contributed by atoms with E-state index in [2.05, 4.69) is 36.6 Å². The SMILES string of the molecule is CCCCCCCC/C=C\CCCCCCCCCCCCCCCC(=O)N[C@@H](CO[C@@H]1OC(CO)[C@@H](O[C@@H]2OC(CO)[C@H](O[C@@H]3OC(CO)[C@H](O)[C@H](O[C@@H]4OC(CO)[C@H](O)[C@H](O[C@H]5OC(CO)[C@H](O)[C@H](O)C5O)C4O[C@H]4OC(C)[C@@H](O)C(O)[C@@H]4O)C3NC(C)=O)[C@H](O)C2O)[C@H](O)C1O)[C@H](O)/C=C/CCCCCCCCCCCCC. The van der Waals surface area contributed by atoms with Crippen LogP contribution in [0.5, 0.6) is 0 Å². The van der Waals surface area contributed by atoms with Gasteiger partial charge in [0, 0.05) is 13.3 Å². The summed E-state index contributed by atoms with van der Waals surface area (Å²) >= 11 is 0. The molecule has 12 unspecified atom stereocenters. The third kappa shape index (κ3) is 32.4. The van der Waals surface area contributed by atoms with Crippen LogP contribution in [-0.4, -0.2) is 340 Å². The predicted molar refractivity (Wildman–Crippen MR) is 418 cm³/mol. The number of hydrogen-bond acceptors (Lipinski definition) is 32. The Labute approximate surface area is 684 Å². The molecule has 0 aromatic rings. The topological polar surface area (TPSA) is 533 Å². The van der Waals surface area contributed by atoms with E-state index in [1.807, 2.05) is 6.08 Å². The van der Waals surface area contributed by atoms with Gasteiger partial charge in [0.2, 0.25) is 11.8 Å². The second-order valence-electron chi connectivity index (χ2n) is 32.4. The smallest absolute Gasteiger partial charge is 0.220 e. The lowest BCUT2D eigenvalue weighted by molar-refractivity contribution is -0.404. The lowest BCUT2D eigenvalue weighted by atomic mass is 9.94. The van der Waals surface area contributed by atoms with Crippen molar-refractivity contribution >= 4 is 11.8 Å². The molecule has 6 fully saturated rings. The summed E-state index contributed by atoms with van der Waals surface area (Å²) < 4.78 is 71.8. The van der Waals surface area contributed by atoms with Crippen molar-refractivity contribution in [3.8, 4) is 0 Å². The molecule has 20 N–H and O–H groups in total. The molecule has 0 bridgehead atoms. The van der Waals surface area contributed by atoms with E-state index in [0.29, 0.717) is 12.8 Å². The number of ether oxygens (including phenoxy) is 12. The summed E-state index contributed by atoms with van der Waals surface area (Å²) in [6.45, 7) is 1.28. The minimum atomic E-state index is -2.22. The van der Waals surface area contributed by atoms with Crippen LogP contribution in [0, 0.1) is 0 Å². The summed E-state index contributed by atoms with van der Waals surface area (Å²) in [5.41, 5.74) is 0. The predicted octanol–water partition coefficient (Wildman–Crippen LogP) is 1.36. The van der Waals surface area contributed by atoms with Gasteiger partial charge in [-0.15, -0.1) is 0 Å². The van der Waals surface area contributed by atoms with Crippen LogP contribution >= 0.6 is 0 Å². The molecule has 0 saturated carbocycles. The molecule has 0 aromatic heterocycles. The van der Waals surface area contributed by atoms with Gasteiger partial charge in [0.25, 0.3) is 0 Å². The van der Waals surface area contributed by atoms with Gasteiger partial charge < -0.3 is 159 Å². The molecule has 0 aliphatic carbocycles. The molecule has 116 heavy (non-hydrogen) atoms. The van der Waals surface area contributed by atoms with E-state index >= 15 is 0 Å². The van der Waals surface area contributed by atoms with Gasteiger partial charge in [-0.25, -0.2) is 0 Å². The van der Waals surface area contributed by atoms with Crippen LogP contribution in [0.2, 0.25) is 0 Å². The van der Waals surface area contributed by atoms with Crippen molar-refractivity contribution in [2.24, 2.45) is 0 Å². The third-order valence-electron chi connectivity index (χ3n) is 22.9. The molecule has 6 saturated heterocycles. The first-order chi connectivity index (χ1) is 55.9. The standard InChI is InChI=1S/C82H148N2O32/c1-5-7-9-11-13-15-17-19-20-21-22-23-24-25-26-27-28-30-32-34-36-38-40-42-58(92)84-51(52(91)41-39-37-35-33-31-29-18-16-14-12-10-8-6-2)48-105-78-70(103)66(99)73(56(46-88)110-78)113-81-71(104)67(100)72(57(47-89)111-81)112-77-59(83-50(4)90)74(62(95)54(44-86)107-77)114-82-76(116-79-68(101)64(97)60(93)49(3)106-79)75(63(96)55(45-87)109-82)115-80-69(102)65(98)61(94)53(43-85)108-80/h19-20,39,41,49,51-57,59-82,85-89,91,93-104H,5-18,21-38,40,42-48H2,1-4H3,(H,83,90)(H,84,92)/b20-19-,41-39+/t49?,51-,52+,53?,54?,55?,56?,57?,59?,60+,61-,62-,63-,64?,65-,66+,67+,68-,69?,70?,71?,72-,73+,74+,75-,76?,77-,78+,79+,80+,81-,82-/m0/s1. The Balaban J connectivity index is 1.07. The summed E-state index contributed by atoms with van der Waals surface area (Å²) in [5, 5.41) is 206. The van der Waals surface area contributed by atoms with E-state index in [1.165, 1.54) is 155 Å². The van der Waals surface area contributed by atoms with E-state index < -0.39 is 242 Å². The molecule has 0 radical (unpaired) electrons. The van der Waals surface area contributed by atoms with Crippen molar-refractivity contribution in [3.63, 3.8) is 0 Å². The van der Waals surface area contributed by atoms with E-state index in [0.717, 1.165) is 58.3 Å². The highest BCUT2D eigenvalue weighted by molar-refractivity contribution is 5.76. The van der Waals surface area contributed by atoms with Crippen molar-refractivity contribution < 1.29 is 158 Å². The number of hydrogen-bond donors (Lipinski definition) is 20. The Morgan fingerprint density at radius 2 is 0.698 bits per heavy atom. The van der Waals surface area contributed by atoms with Crippen molar-refractivity contribution in [1.29, 1.82) is 0 Å². The van der Waals surface area contributed by atoms with Crippen LogP contribution in [0.25, 0.3) is 0 Å². The van der Waals surface area contributed by atoms with E-state index in [9.17, 15) is 102 Å². The number of carbonyl (C=O) groups is 2. The average Bonchev–Trinajstić information content (AvgIpc) is 0.769. The van der Waals surface area contributed by atoms with Crippen molar-refractivity contribution in [1.82, 2.24) is 10.6 Å². The van der Waals surface area contributed by atoms with Crippen molar-refractivity contribution in [2.45, 2.75) is 442 Å². The quantitative estimate of drug-likeness (QED) is 0.0302. The minimum absolute atomic E-state index is 0.178. The lowest BCUT2D eigenvalue weighted by Crippen LogP contribution is -2.71. The first-order valence-electron chi connectivity index (χ1n) is 43.5. The Morgan fingerprint density at radius 1 is 0.353 bits per heavy atom. The summed E-state index contributed by atoms with van der Waals surface area (Å²) in [5.74, 6) is -1.22. The molecule has 2 amide bonds. The first-order valence-corrected chi connectivity index (χ1v) is 43.5. The molecular formula is C82H148N2O32. The lowest BCUT2D eigenvalue weighted by Gasteiger charge is -2.51. The van der Waals surface area contributed by atoms with Crippen LogP contribution in [0.4, 0.5) is 0 Å². The van der Waals surface area contributed by atoms with Crippen LogP contribution < -0.4 is 10.6 Å². The van der Waals surface area contributed by atoms with Gasteiger partial charge in [-0.2, -0.15) is 0 Å². The second-order valence-corrected chi connectivity index (χ2v) is 32.4. The molecule has 6 aliphatic rings. The summed E-state index contributed by atoms with van der Waals surface area (Å²) in [4.78, 5) is 26.8. The number of rotatable bonds is 57. The highest BCUT2D eigenvalue weighted by Crippen LogP contribution is 2.39. The molecule has 34 nitrogen and oxygen atoms in total. The summed E-state index contributed by atoms with van der Waals surface area (Å²) in [6, 6.07) is -2.92. The Kier molecular flexibility index (Phi) is 49.4. The number of amides is 2. The highest BCUT2D eigenvalue weighted by atomic mass is 16.8. The van der Waals surface area contributed by atoms with E-state index in [1.54, 1.807) is 6.08 Å². The van der Waals surface area contributed by atoms with Gasteiger partial charge in [-0.3, -0.25) is 9.59 Å². The highest BCUT2D eigenvalue weighted by Gasteiger charge is 2.59. The minimum Gasteiger partial charge on any atom is -0.394 e. The number of allylic oxidation sites excluding steroid dienone is 3. The summed E-state index contributed by atoms with van der Waals surface area (Å²) in [7, 11) is 0. The average molecular weight is 1670 g/mol. The van der Waals surface area contributed by atoms with Crippen LogP contribution in [0.3, 0.4) is 0 Å². The second kappa shape index (κ2) is 56.2. The van der Waals surface area contributed by atoms with Gasteiger partial charge in [-0.1, -0.05) is 205 Å². The molecular weight excluding hydrogens is 1520 g/mol. The Hall–Kier alpha value is -2.78. The van der Waals surface area contributed by atoms with Crippen LogP contribution in [-0.2, 0) is 66.4 Å².